The number of nitrogens with two attached hydrogens (primary N) is 1. The number of aromatic hydroxyl groups is 1. The van der Waals surface area contributed by atoms with Crippen molar-refractivity contribution in [3.05, 3.63) is 17.7 Å². The molecule has 0 unspecified atom stereocenters. The number of fused-ring (bicyclic) bond motifs is 1. The minimum atomic E-state index is -0.0228. The standard InChI is InChI=1S/C11H13NO3/c12-5-11(3-4-11)7-1-2-8-10(9(7)13)15-6-14-8/h1-2,13H,3-6,12H2. The number of phenols is 1. The first kappa shape index (κ1) is 8.85. The lowest BCUT2D eigenvalue weighted by atomic mass is 9.94. The van der Waals surface area contributed by atoms with Crippen LogP contribution in [0.1, 0.15) is 18.4 Å². The van der Waals surface area contributed by atoms with Crippen LogP contribution in [-0.2, 0) is 5.41 Å². The summed E-state index contributed by atoms with van der Waals surface area (Å²) in [5.74, 6) is 1.28. The van der Waals surface area contributed by atoms with Crippen molar-refractivity contribution in [3.63, 3.8) is 0 Å². The van der Waals surface area contributed by atoms with Gasteiger partial charge in [-0.25, -0.2) is 0 Å². The second kappa shape index (κ2) is 2.79. The van der Waals surface area contributed by atoms with E-state index in [1.165, 1.54) is 0 Å². The molecule has 4 nitrogen and oxygen atoms in total. The molecule has 4 heteroatoms. The summed E-state index contributed by atoms with van der Waals surface area (Å²) in [6.07, 6.45) is 2.08. The Morgan fingerprint density at radius 2 is 2.13 bits per heavy atom. The molecule has 3 N–H and O–H groups in total. The van der Waals surface area contributed by atoms with Gasteiger partial charge in [-0.3, -0.25) is 0 Å². The maximum Gasteiger partial charge on any atom is 0.231 e. The van der Waals surface area contributed by atoms with Crippen molar-refractivity contribution in [1.82, 2.24) is 0 Å². The summed E-state index contributed by atoms with van der Waals surface area (Å²) < 4.78 is 10.4. The molecule has 0 saturated heterocycles. The van der Waals surface area contributed by atoms with Crippen LogP contribution in [0.2, 0.25) is 0 Å². The molecule has 1 aromatic carbocycles. The largest absolute Gasteiger partial charge is 0.504 e. The van der Waals surface area contributed by atoms with Gasteiger partial charge in [0.2, 0.25) is 12.5 Å². The molecule has 1 saturated carbocycles. The minimum absolute atomic E-state index is 0.0228. The Balaban J connectivity index is 2.10. The second-order valence-electron chi connectivity index (χ2n) is 4.18. The maximum absolute atomic E-state index is 10.1. The first-order chi connectivity index (χ1) is 7.27. The Morgan fingerprint density at radius 3 is 2.80 bits per heavy atom. The smallest absolute Gasteiger partial charge is 0.231 e. The third-order valence-corrected chi connectivity index (χ3v) is 3.33. The van der Waals surface area contributed by atoms with Crippen molar-refractivity contribution in [1.29, 1.82) is 0 Å². The zero-order valence-electron chi connectivity index (χ0n) is 8.32. The van der Waals surface area contributed by atoms with E-state index in [9.17, 15) is 5.11 Å². The van der Waals surface area contributed by atoms with Crippen LogP contribution in [0.3, 0.4) is 0 Å². The fourth-order valence-electron chi connectivity index (χ4n) is 2.12. The Morgan fingerprint density at radius 1 is 1.33 bits per heavy atom. The highest BCUT2D eigenvalue weighted by atomic mass is 16.7. The molecule has 1 aliphatic carbocycles. The molecule has 1 fully saturated rings. The van der Waals surface area contributed by atoms with E-state index in [-0.39, 0.29) is 18.0 Å². The van der Waals surface area contributed by atoms with Gasteiger partial charge in [0.05, 0.1) is 0 Å². The van der Waals surface area contributed by atoms with Crippen LogP contribution >= 0.6 is 0 Å². The molecule has 0 spiro atoms. The zero-order valence-corrected chi connectivity index (χ0v) is 8.32. The van der Waals surface area contributed by atoms with Crippen LogP contribution < -0.4 is 15.2 Å². The number of hydrogen-bond donors (Lipinski definition) is 2. The molecule has 0 radical (unpaired) electrons. The predicted octanol–water partition coefficient (Wildman–Crippen LogP) is 1.11. The third-order valence-electron chi connectivity index (χ3n) is 3.33. The quantitative estimate of drug-likeness (QED) is 0.762. The predicted molar refractivity (Wildman–Crippen MR) is 54.2 cm³/mol. The number of ether oxygens (including phenoxy) is 2. The molecular weight excluding hydrogens is 194 g/mol. The van der Waals surface area contributed by atoms with E-state index in [1.54, 1.807) is 0 Å². The van der Waals surface area contributed by atoms with E-state index < -0.39 is 0 Å². The fraction of sp³-hybridized carbons (Fsp3) is 0.455. The lowest BCUT2D eigenvalue weighted by Crippen LogP contribution is -2.19. The maximum atomic E-state index is 10.1. The summed E-state index contributed by atoms with van der Waals surface area (Å²) >= 11 is 0. The summed E-state index contributed by atoms with van der Waals surface area (Å²) in [5, 5.41) is 10.1. The number of phenolic OH excluding ortho intramolecular Hbond substituents is 1. The van der Waals surface area contributed by atoms with Gasteiger partial charge in [-0.1, -0.05) is 6.07 Å². The lowest BCUT2D eigenvalue weighted by molar-refractivity contribution is 0.171. The van der Waals surface area contributed by atoms with Gasteiger partial charge in [-0.2, -0.15) is 0 Å². The van der Waals surface area contributed by atoms with Crippen LogP contribution in [-0.4, -0.2) is 18.4 Å². The average molecular weight is 207 g/mol. The highest BCUT2D eigenvalue weighted by Crippen LogP contribution is 2.54. The first-order valence-corrected chi connectivity index (χ1v) is 5.09. The number of rotatable bonds is 2. The van der Waals surface area contributed by atoms with Crippen molar-refractivity contribution >= 4 is 0 Å². The van der Waals surface area contributed by atoms with E-state index in [0.717, 1.165) is 18.4 Å². The fourth-order valence-corrected chi connectivity index (χ4v) is 2.12. The van der Waals surface area contributed by atoms with Crippen LogP contribution in [0.5, 0.6) is 17.2 Å². The molecule has 0 bridgehead atoms. The van der Waals surface area contributed by atoms with Gasteiger partial charge in [0.1, 0.15) is 0 Å². The molecule has 1 heterocycles. The SMILES string of the molecule is NCC1(c2ccc3c(c2O)OCO3)CC1. The Hall–Kier alpha value is -1.42. The van der Waals surface area contributed by atoms with Gasteiger partial charge in [0.25, 0.3) is 0 Å². The molecule has 0 atom stereocenters. The second-order valence-corrected chi connectivity index (χ2v) is 4.18. The van der Waals surface area contributed by atoms with Gasteiger partial charge >= 0.3 is 0 Å². The van der Waals surface area contributed by atoms with Crippen molar-refractivity contribution in [2.75, 3.05) is 13.3 Å². The normalized spacial score (nSPS) is 20.3. The molecule has 0 amide bonds. The van der Waals surface area contributed by atoms with E-state index in [1.807, 2.05) is 12.1 Å². The molecule has 2 aliphatic rings. The first-order valence-electron chi connectivity index (χ1n) is 5.09. The highest BCUT2D eigenvalue weighted by molar-refractivity contribution is 5.59. The molecule has 80 valence electrons. The summed E-state index contributed by atoms with van der Waals surface area (Å²) in [4.78, 5) is 0. The van der Waals surface area contributed by atoms with Crippen LogP contribution in [0.15, 0.2) is 12.1 Å². The molecule has 1 aromatic rings. The topological polar surface area (TPSA) is 64.7 Å². The van der Waals surface area contributed by atoms with Gasteiger partial charge in [-0.15, -0.1) is 0 Å². The van der Waals surface area contributed by atoms with Crippen LogP contribution in [0, 0.1) is 0 Å². The Bertz CT molecular complexity index is 413. The van der Waals surface area contributed by atoms with Gasteiger partial charge in [-0.05, 0) is 18.9 Å². The molecule has 3 rings (SSSR count). The van der Waals surface area contributed by atoms with Crippen molar-refractivity contribution in [2.45, 2.75) is 18.3 Å². The number of hydrogen-bond acceptors (Lipinski definition) is 4. The van der Waals surface area contributed by atoms with E-state index in [0.29, 0.717) is 18.0 Å². The molecule has 15 heavy (non-hydrogen) atoms. The average Bonchev–Trinajstić information content (AvgIpc) is 2.89. The van der Waals surface area contributed by atoms with Crippen molar-refractivity contribution < 1.29 is 14.6 Å². The van der Waals surface area contributed by atoms with Crippen LogP contribution in [0.4, 0.5) is 0 Å². The summed E-state index contributed by atoms with van der Waals surface area (Å²) in [6, 6.07) is 3.73. The van der Waals surface area contributed by atoms with Gasteiger partial charge < -0.3 is 20.3 Å². The van der Waals surface area contributed by atoms with E-state index in [2.05, 4.69) is 0 Å². The molecular formula is C11H13NO3. The van der Waals surface area contributed by atoms with Crippen molar-refractivity contribution in [3.8, 4) is 17.2 Å². The summed E-state index contributed by atoms with van der Waals surface area (Å²) in [6.45, 7) is 0.752. The Kier molecular flexibility index (Phi) is 1.65. The monoisotopic (exact) mass is 207 g/mol. The molecule has 0 aromatic heterocycles. The van der Waals surface area contributed by atoms with Gasteiger partial charge in [0, 0.05) is 17.5 Å². The van der Waals surface area contributed by atoms with E-state index >= 15 is 0 Å². The molecule has 1 aliphatic heterocycles. The number of benzene rings is 1. The summed E-state index contributed by atoms with van der Waals surface area (Å²) in [5.41, 5.74) is 6.61. The van der Waals surface area contributed by atoms with Crippen LogP contribution in [0.25, 0.3) is 0 Å². The van der Waals surface area contributed by atoms with E-state index in [4.69, 9.17) is 15.2 Å². The summed E-state index contributed by atoms with van der Waals surface area (Å²) in [7, 11) is 0. The van der Waals surface area contributed by atoms with Gasteiger partial charge in [0.15, 0.2) is 11.5 Å². The highest BCUT2D eigenvalue weighted by Gasteiger charge is 2.45. The lowest BCUT2D eigenvalue weighted by Gasteiger charge is -2.15. The third kappa shape index (κ3) is 1.11. The zero-order chi connectivity index (χ0) is 10.5. The minimum Gasteiger partial charge on any atom is -0.504 e. The Labute approximate surface area is 87.6 Å². The van der Waals surface area contributed by atoms with Crippen molar-refractivity contribution in [2.24, 2.45) is 5.73 Å².